The number of nitrogens with one attached hydrogen (secondary N) is 2. The monoisotopic (exact) mass is 453 g/mol. The Labute approximate surface area is 191 Å². The number of benzene rings is 2. The molecular formula is C24H24ClN3O2S. The Morgan fingerprint density at radius 1 is 0.935 bits per heavy atom. The third-order valence-corrected chi connectivity index (χ3v) is 5.86. The standard InChI is InChI=1S/C24H24ClN3O2S/c1-14-5-10-20(15(2)11-14)28-21(29)13-31-24-22(16(3)12-17(4)26-24)23(30)27-19-8-6-18(25)7-9-19/h5-12H,13H2,1-4H3,(H,27,30)(H,28,29). The van der Waals surface area contributed by atoms with E-state index in [1.807, 2.05) is 52.0 Å². The van der Waals surface area contributed by atoms with Crippen LogP contribution in [0.5, 0.6) is 0 Å². The average molecular weight is 454 g/mol. The molecule has 0 aliphatic rings. The van der Waals surface area contributed by atoms with E-state index in [1.165, 1.54) is 11.8 Å². The second-order valence-corrected chi connectivity index (χ2v) is 8.78. The Morgan fingerprint density at radius 3 is 2.32 bits per heavy atom. The van der Waals surface area contributed by atoms with Crippen molar-refractivity contribution in [1.82, 2.24) is 4.98 Å². The summed E-state index contributed by atoms with van der Waals surface area (Å²) in [5.74, 6) is -0.281. The minimum atomic E-state index is -0.274. The molecule has 5 nitrogen and oxygen atoms in total. The van der Waals surface area contributed by atoms with Gasteiger partial charge in [-0.15, -0.1) is 0 Å². The SMILES string of the molecule is Cc1ccc(NC(=O)CSc2nc(C)cc(C)c2C(=O)Nc2ccc(Cl)cc2)c(C)c1. The first-order chi connectivity index (χ1) is 14.7. The van der Waals surface area contributed by atoms with E-state index in [-0.39, 0.29) is 17.6 Å². The summed E-state index contributed by atoms with van der Waals surface area (Å²) in [5, 5.41) is 6.93. The fraction of sp³-hybridized carbons (Fsp3) is 0.208. The lowest BCUT2D eigenvalue weighted by Gasteiger charge is -2.14. The predicted molar refractivity (Wildman–Crippen MR) is 128 cm³/mol. The minimum Gasteiger partial charge on any atom is -0.325 e. The molecule has 0 saturated carbocycles. The van der Waals surface area contributed by atoms with E-state index in [0.29, 0.717) is 21.3 Å². The van der Waals surface area contributed by atoms with Crippen LogP contribution in [0.4, 0.5) is 11.4 Å². The number of carbonyl (C=O) groups excluding carboxylic acids is 2. The first-order valence-electron chi connectivity index (χ1n) is 9.78. The molecule has 0 aliphatic heterocycles. The van der Waals surface area contributed by atoms with Gasteiger partial charge >= 0.3 is 0 Å². The lowest BCUT2D eigenvalue weighted by molar-refractivity contribution is -0.113. The Bertz CT molecular complexity index is 1130. The topological polar surface area (TPSA) is 71.1 Å². The minimum absolute atomic E-state index is 0.143. The third-order valence-electron chi connectivity index (χ3n) is 4.64. The molecule has 1 heterocycles. The van der Waals surface area contributed by atoms with Crippen molar-refractivity contribution in [2.45, 2.75) is 32.7 Å². The van der Waals surface area contributed by atoms with Gasteiger partial charge in [0.1, 0.15) is 5.03 Å². The zero-order valence-electron chi connectivity index (χ0n) is 17.9. The largest absolute Gasteiger partial charge is 0.325 e. The number of halogens is 1. The van der Waals surface area contributed by atoms with Crippen molar-refractivity contribution in [2.75, 3.05) is 16.4 Å². The summed E-state index contributed by atoms with van der Waals surface area (Å²) in [6.45, 7) is 7.70. The molecule has 31 heavy (non-hydrogen) atoms. The van der Waals surface area contributed by atoms with Crippen LogP contribution in [-0.4, -0.2) is 22.6 Å². The van der Waals surface area contributed by atoms with Gasteiger partial charge in [0.2, 0.25) is 5.91 Å². The van der Waals surface area contributed by atoms with Gasteiger partial charge in [-0.1, -0.05) is 41.1 Å². The molecule has 0 aliphatic carbocycles. The molecule has 2 amide bonds. The summed E-state index contributed by atoms with van der Waals surface area (Å²) in [5.41, 5.74) is 5.62. The van der Waals surface area contributed by atoms with Crippen LogP contribution in [0.25, 0.3) is 0 Å². The number of aryl methyl sites for hydroxylation is 4. The van der Waals surface area contributed by atoms with Crippen molar-refractivity contribution in [1.29, 1.82) is 0 Å². The van der Waals surface area contributed by atoms with Crippen LogP contribution >= 0.6 is 23.4 Å². The number of aromatic nitrogens is 1. The maximum Gasteiger partial charge on any atom is 0.258 e. The van der Waals surface area contributed by atoms with Gasteiger partial charge in [0, 0.05) is 22.1 Å². The van der Waals surface area contributed by atoms with E-state index in [9.17, 15) is 9.59 Å². The number of nitrogens with zero attached hydrogens (tertiary/aromatic N) is 1. The summed E-state index contributed by atoms with van der Waals surface area (Å²) in [6, 6.07) is 14.6. The van der Waals surface area contributed by atoms with Gasteiger partial charge in [-0.05, 0) is 75.2 Å². The van der Waals surface area contributed by atoms with Crippen molar-refractivity contribution in [3.63, 3.8) is 0 Å². The Hall–Kier alpha value is -2.83. The van der Waals surface area contributed by atoms with Crippen molar-refractivity contribution < 1.29 is 9.59 Å². The van der Waals surface area contributed by atoms with Gasteiger partial charge in [0.25, 0.3) is 5.91 Å². The van der Waals surface area contributed by atoms with Crippen LogP contribution in [0.1, 0.15) is 32.7 Å². The molecule has 1 aromatic heterocycles. The zero-order chi connectivity index (χ0) is 22.5. The van der Waals surface area contributed by atoms with Crippen LogP contribution < -0.4 is 10.6 Å². The lowest BCUT2D eigenvalue weighted by Crippen LogP contribution is -2.18. The summed E-state index contributed by atoms with van der Waals surface area (Å²) in [6.07, 6.45) is 0. The molecule has 2 N–H and O–H groups in total. The lowest BCUT2D eigenvalue weighted by atomic mass is 10.1. The third kappa shape index (κ3) is 6.09. The van der Waals surface area contributed by atoms with Gasteiger partial charge in [-0.3, -0.25) is 9.59 Å². The van der Waals surface area contributed by atoms with E-state index in [2.05, 4.69) is 15.6 Å². The van der Waals surface area contributed by atoms with Crippen LogP contribution in [0.3, 0.4) is 0 Å². The van der Waals surface area contributed by atoms with Crippen molar-refractivity contribution in [2.24, 2.45) is 0 Å². The van der Waals surface area contributed by atoms with Gasteiger partial charge in [-0.2, -0.15) is 0 Å². The zero-order valence-corrected chi connectivity index (χ0v) is 19.4. The van der Waals surface area contributed by atoms with Gasteiger partial charge in [0.15, 0.2) is 0 Å². The van der Waals surface area contributed by atoms with Crippen LogP contribution in [0.2, 0.25) is 5.02 Å². The molecule has 0 fully saturated rings. The quantitative estimate of drug-likeness (QED) is 0.452. The Balaban J connectivity index is 1.75. The first kappa shape index (κ1) is 22.8. The molecule has 2 aromatic carbocycles. The highest BCUT2D eigenvalue weighted by Gasteiger charge is 2.19. The molecule has 160 valence electrons. The van der Waals surface area contributed by atoms with Crippen molar-refractivity contribution in [3.05, 3.63) is 81.5 Å². The number of hydrogen-bond donors (Lipinski definition) is 2. The van der Waals surface area contributed by atoms with Crippen LogP contribution in [0.15, 0.2) is 53.6 Å². The molecule has 0 atom stereocenters. The van der Waals surface area contributed by atoms with E-state index in [1.54, 1.807) is 24.3 Å². The molecule has 0 saturated heterocycles. The number of amides is 2. The van der Waals surface area contributed by atoms with Gasteiger partial charge < -0.3 is 10.6 Å². The maximum absolute atomic E-state index is 13.0. The summed E-state index contributed by atoms with van der Waals surface area (Å²) < 4.78 is 0. The molecule has 3 rings (SSSR count). The molecular weight excluding hydrogens is 430 g/mol. The van der Waals surface area contributed by atoms with Crippen LogP contribution in [0, 0.1) is 27.7 Å². The van der Waals surface area contributed by atoms with E-state index < -0.39 is 0 Å². The fourth-order valence-electron chi connectivity index (χ4n) is 3.18. The predicted octanol–water partition coefficient (Wildman–Crippen LogP) is 5.95. The number of rotatable bonds is 6. The highest BCUT2D eigenvalue weighted by Crippen LogP contribution is 2.26. The van der Waals surface area contributed by atoms with E-state index in [4.69, 9.17) is 11.6 Å². The Kier molecular flexibility index (Phi) is 7.36. The second kappa shape index (κ2) is 9.98. The summed E-state index contributed by atoms with van der Waals surface area (Å²) in [4.78, 5) is 30.0. The molecule has 0 spiro atoms. The van der Waals surface area contributed by atoms with Crippen molar-refractivity contribution in [3.8, 4) is 0 Å². The first-order valence-corrected chi connectivity index (χ1v) is 11.1. The number of hydrogen-bond acceptors (Lipinski definition) is 4. The number of thioether (sulfide) groups is 1. The number of anilines is 2. The van der Waals surface area contributed by atoms with Crippen LogP contribution in [-0.2, 0) is 4.79 Å². The average Bonchev–Trinajstić information content (AvgIpc) is 2.69. The fourth-order valence-corrected chi connectivity index (χ4v) is 4.26. The van der Waals surface area contributed by atoms with Gasteiger partial charge in [-0.25, -0.2) is 4.98 Å². The number of pyridine rings is 1. The molecule has 0 unspecified atom stereocenters. The van der Waals surface area contributed by atoms with Crippen molar-refractivity contribution >= 4 is 46.6 Å². The number of carbonyl (C=O) groups is 2. The molecule has 0 radical (unpaired) electrons. The van der Waals surface area contributed by atoms with E-state index >= 15 is 0 Å². The van der Waals surface area contributed by atoms with E-state index in [0.717, 1.165) is 28.1 Å². The summed E-state index contributed by atoms with van der Waals surface area (Å²) >= 11 is 7.16. The smallest absolute Gasteiger partial charge is 0.258 e. The molecule has 3 aromatic rings. The highest BCUT2D eigenvalue weighted by atomic mass is 35.5. The summed E-state index contributed by atoms with van der Waals surface area (Å²) in [7, 11) is 0. The normalized spacial score (nSPS) is 10.6. The highest BCUT2D eigenvalue weighted by molar-refractivity contribution is 8.00. The Morgan fingerprint density at radius 2 is 1.65 bits per heavy atom. The molecule has 7 heteroatoms. The molecule has 0 bridgehead atoms. The van der Waals surface area contributed by atoms with Gasteiger partial charge in [0.05, 0.1) is 11.3 Å². The second-order valence-electron chi connectivity index (χ2n) is 7.38. The maximum atomic E-state index is 13.0.